The van der Waals surface area contributed by atoms with Crippen molar-refractivity contribution in [3.63, 3.8) is 0 Å². The SMILES string of the molecule is Nc1nc(-c2csc(Br)c2)nc2ccccc12. The molecule has 0 saturated heterocycles. The Labute approximate surface area is 110 Å². The summed E-state index contributed by atoms with van der Waals surface area (Å²) in [5.41, 5.74) is 7.80. The molecule has 0 aliphatic carbocycles. The van der Waals surface area contributed by atoms with Gasteiger partial charge in [-0.05, 0) is 34.1 Å². The highest BCUT2D eigenvalue weighted by Crippen LogP contribution is 2.29. The first-order valence-corrected chi connectivity index (χ1v) is 6.68. The van der Waals surface area contributed by atoms with Crippen molar-refractivity contribution >= 4 is 44.0 Å². The van der Waals surface area contributed by atoms with Gasteiger partial charge in [0.15, 0.2) is 5.82 Å². The Morgan fingerprint density at radius 2 is 2.00 bits per heavy atom. The van der Waals surface area contributed by atoms with Crippen LogP contribution in [0.1, 0.15) is 0 Å². The lowest BCUT2D eigenvalue weighted by atomic mass is 10.2. The molecule has 0 aliphatic rings. The molecule has 0 radical (unpaired) electrons. The van der Waals surface area contributed by atoms with Gasteiger partial charge in [-0.3, -0.25) is 0 Å². The number of benzene rings is 1. The summed E-state index contributed by atoms with van der Waals surface area (Å²) < 4.78 is 1.06. The number of hydrogen-bond acceptors (Lipinski definition) is 4. The molecule has 1 aromatic carbocycles. The second-order valence-electron chi connectivity index (χ2n) is 3.59. The summed E-state index contributed by atoms with van der Waals surface area (Å²) in [6.45, 7) is 0. The minimum absolute atomic E-state index is 0.521. The number of halogens is 1. The van der Waals surface area contributed by atoms with Crippen LogP contribution < -0.4 is 5.73 Å². The van der Waals surface area contributed by atoms with E-state index in [9.17, 15) is 0 Å². The molecule has 2 aromatic heterocycles. The van der Waals surface area contributed by atoms with Crippen molar-refractivity contribution in [2.45, 2.75) is 0 Å². The molecule has 0 spiro atoms. The van der Waals surface area contributed by atoms with Gasteiger partial charge in [-0.1, -0.05) is 12.1 Å². The lowest BCUT2D eigenvalue weighted by Crippen LogP contribution is -1.96. The normalized spacial score (nSPS) is 10.9. The quantitative estimate of drug-likeness (QED) is 0.746. The summed E-state index contributed by atoms with van der Waals surface area (Å²) in [6.07, 6.45) is 0. The van der Waals surface area contributed by atoms with Gasteiger partial charge in [-0.2, -0.15) is 0 Å². The van der Waals surface area contributed by atoms with E-state index >= 15 is 0 Å². The predicted molar refractivity (Wildman–Crippen MR) is 75.0 cm³/mol. The molecular weight excluding hydrogens is 298 g/mol. The second kappa shape index (κ2) is 4.09. The van der Waals surface area contributed by atoms with E-state index in [0.29, 0.717) is 11.6 Å². The van der Waals surface area contributed by atoms with Crippen LogP contribution in [0.4, 0.5) is 5.82 Å². The fourth-order valence-corrected chi connectivity index (χ4v) is 2.79. The van der Waals surface area contributed by atoms with Gasteiger partial charge in [0.05, 0.1) is 9.30 Å². The van der Waals surface area contributed by atoms with Crippen LogP contribution in [0.25, 0.3) is 22.3 Å². The van der Waals surface area contributed by atoms with Gasteiger partial charge in [0.25, 0.3) is 0 Å². The van der Waals surface area contributed by atoms with E-state index < -0.39 is 0 Å². The standard InChI is InChI=1S/C12H8BrN3S/c13-10-5-7(6-17-10)12-15-9-4-2-1-3-8(9)11(14)16-12/h1-6H,(H2,14,15,16). The first-order chi connectivity index (χ1) is 8.24. The third-order valence-corrected chi connectivity index (χ3v) is 3.96. The zero-order chi connectivity index (χ0) is 11.8. The number of hydrogen-bond donors (Lipinski definition) is 1. The maximum Gasteiger partial charge on any atom is 0.163 e. The smallest absolute Gasteiger partial charge is 0.163 e. The molecule has 3 rings (SSSR count). The maximum absolute atomic E-state index is 5.94. The third-order valence-electron chi connectivity index (χ3n) is 2.46. The van der Waals surface area contributed by atoms with E-state index in [2.05, 4.69) is 25.9 Å². The van der Waals surface area contributed by atoms with Crippen LogP contribution in [-0.4, -0.2) is 9.97 Å². The largest absolute Gasteiger partial charge is 0.383 e. The number of fused-ring (bicyclic) bond motifs is 1. The molecule has 84 valence electrons. The average Bonchev–Trinajstić information content (AvgIpc) is 2.76. The molecule has 0 fully saturated rings. The van der Waals surface area contributed by atoms with E-state index in [1.807, 2.05) is 35.7 Å². The van der Waals surface area contributed by atoms with Gasteiger partial charge in [0, 0.05) is 16.3 Å². The topological polar surface area (TPSA) is 51.8 Å². The number of aromatic nitrogens is 2. The van der Waals surface area contributed by atoms with Crippen molar-refractivity contribution in [3.8, 4) is 11.4 Å². The van der Waals surface area contributed by atoms with E-state index in [0.717, 1.165) is 20.3 Å². The molecule has 3 nitrogen and oxygen atoms in total. The Kier molecular flexibility index (Phi) is 2.57. The molecule has 0 aliphatic heterocycles. The lowest BCUT2D eigenvalue weighted by Gasteiger charge is -2.03. The van der Waals surface area contributed by atoms with E-state index in [4.69, 9.17) is 5.73 Å². The first kappa shape index (κ1) is 10.7. The minimum Gasteiger partial charge on any atom is -0.383 e. The third kappa shape index (κ3) is 1.92. The average molecular weight is 306 g/mol. The summed E-state index contributed by atoms with van der Waals surface area (Å²) in [7, 11) is 0. The highest BCUT2D eigenvalue weighted by atomic mass is 79.9. The maximum atomic E-state index is 5.94. The number of nitrogens with zero attached hydrogens (tertiary/aromatic N) is 2. The van der Waals surface area contributed by atoms with Crippen LogP contribution in [0.2, 0.25) is 0 Å². The molecule has 2 heterocycles. The Hall–Kier alpha value is -1.46. The van der Waals surface area contributed by atoms with Crippen molar-refractivity contribution in [1.29, 1.82) is 0 Å². The second-order valence-corrected chi connectivity index (χ2v) is 5.88. The Morgan fingerprint density at radius 3 is 2.76 bits per heavy atom. The number of thiophene rings is 1. The molecule has 0 atom stereocenters. The van der Waals surface area contributed by atoms with Crippen molar-refractivity contribution < 1.29 is 0 Å². The zero-order valence-corrected chi connectivity index (χ0v) is 11.1. The van der Waals surface area contributed by atoms with Crippen LogP contribution >= 0.6 is 27.3 Å². The Morgan fingerprint density at radius 1 is 1.18 bits per heavy atom. The number of nitrogen functional groups attached to an aromatic ring is 1. The number of nitrogens with two attached hydrogens (primary N) is 1. The molecule has 2 N–H and O–H groups in total. The fourth-order valence-electron chi connectivity index (χ4n) is 1.66. The van der Waals surface area contributed by atoms with E-state index in [1.165, 1.54) is 0 Å². The van der Waals surface area contributed by atoms with Crippen molar-refractivity contribution in [3.05, 3.63) is 39.5 Å². The molecule has 0 unspecified atom stereocenters. The van der Waals surface area contributed by atoms with Crippen LogP contribution in [0.15, 0.2) is 39.5 Å². The predicted octanol–water partition coefficient (Wildman–Crippen LogP) is 3.70. The Balaban J connectivity index is 2.25. The highest BCUT2D eigenvalue weighted by Gasteiger charge is 2.08. The van der Waals surface area contributed by atoms with Gasteiger partial charge in [-0.15, -0.1) is 11.3 Å². The van der Waals surface area contributed by atoms with Gasteiger partial charge in [0.1, 0.15) is 5.82 Å². The molecular formula is C12H8BrN3S. The summed E-state index contributed by atoms with van der Waals surface area (Å²) in [6, 6.07) is 9.75. The van der Waals surface area contributed by atoms with E-state index in [1.54, 1.807) is 11.3 Å². The van der Waals surface area contributed by atoms with Gasteiger partial charge >= 0.3 is 0 Å². The molecule has 17 heavy (non-hydrogen) atoms. The van der Waals surface area contributed by atoms with Gasteiger partial charge in [-0.25, -0.2) is 9.97 Å². The monoisotopic (exact) mass is 305 g/mol. The van der Waals surface area contributed by atoms with Gasteiger partial charge < -0.3 is 5.73 Å². The van der Waals surface area contributed by atoms with Crippen LogP contribution in [0, 0.1) is 0 Å². The summed E-state index contributed by atoms with van der Waals surface area (Å²) in [4.78, 5) is 8.85. The van der Waals surface area contributed by atoms with Crippen LogP contribution in [0.3, 0.4) is 0 Å². The molecule has 0 saturated carbocycles. The summed E-state index contributed by atoms with van der Waals surface area (Å²) in [5, 5.41) is 2.90. The zero-order valence-electron chi connectivity index (χ0n) is 8.72. The van der Waals surface area contributed by atoms with Gasteiger partial charge in [0.2, 0.25) is 0 Å². The van der Waals surface area contributed by atoms with E-state index in [-0.39, 0.29) is 0 Å². The number of anilines is 1. The minimum atomic E-state index is 0.521. The summed E-state index contributed by atoms with van der Waals surface area (Å²) in [5.74, 6) is 1.19. The van der Waals surface area contributed by atoms with Crippen molar-refractivity contribution in [2.24, 2.45) is 0 Å². The Bertz CT molecular complexity index is 693. The fraction of sp³-hybridized carbons (Fsp3) is 0. The number of rotatable bonds is 1. The van der Waals surface area contributed by atoms with Crippen molar-refractivity contribution in [1.82, 2.24) is 9.97 Å². The molecule has 0 amide bonds. The lowest BCUT2D eigenvalue weighted by molar-refractivity contribution is 1.24. The highest BCUT2D eigenvalue weighted by molar-refractivity contribution is 9.11. The molecule has 0 bridgehead atoms. The van der Waals surface area contributed by atoms with Crippen molar-refractivity contribution in [2.75, 3.05) is 5.73 Å². The first-order valence-electron chi connectivity index (χ1n) is 5.01. The number of para-hydroxylation sites is 1. The molecule has 5 heteroatoms. The van der Waals surface area contributed by atoms with Crippen LogP contribution in [0.5, 0.6) is 0 Å². The van der Waals surface area contributed by atoms with Crippen LogP contribution in [-0.2, 0) is 0 Å². The molecule has 3 aromatic rings. The summed E-state index contributed by atoms with van der Waals surface area (Å²) >= 11 is 5.04.